The summed E-state index contributed by atoms with van der Waals surface area (Å²) in [4.78, 5) is 6.86. The van der Waals surface area contributed by atoms with E-state index in [-0.39, 0.29) is 0 Å². The summed E-state index contributed by atoms with van der Waals surface area (Å²) < 4.78 is 0. The zero-order valence-corrected chi connectivity index (χ0v) is 9.71. The van der Waals surface area contributed by atoms with Crippen LogP contribution in [-0.4, -0.2) is 30.9 Å². The van der Waals surface area contributed by atoms with Crippen LogP contribution in [0.25, 0.3) is 0 Å². The molecule has 14 heavy (non-hydrogen) atoms. The van der Waals surface area contributed by atoms with Crippen LogP contribution in [0.3, 0.4) is 0 Å². The summed E-state index contributed by atoms with van der Waals surface area (Å²) in [5.41, 5.74) is 0. The van der Waals surface area contributed by atoms with Crippen molar-refractivity contribution in [3.05, 3.63) is 0 Å². The van der Waals surface area contributed by atoms with E-state index in [0.29, 0.717) is 6.04 Å². The second kappa shape index (κ2) is 6.86. The highest BCUT2D eigenvalue weighted by molar-refractivity contribution is 5.54. The van der Waals surface area contributed by atoms with Crippen LogP contribution >= 0.6 is 0 Å². The smallest absolute Gasteiger partial charge is 0.0850 e. The van der Waals surface area contributed by atoms with Crippen LogP contribution in [0.4, 0.5) is 0 Å². The number of aliphatic imine (C=N–C) groups is 1. The molecule has 0 amide bonds. The van der Waals surface area contributed by atoms with Crippen molar-refractivity contribution >= 4 is 6.34 Å². The van der Waals surface area contributed by atoms with Crippen molar-refractivity contribution in [3.63, 3.8) is 0 Å². The zero-order chi connectivity index (χ0) is 10.2. The quantitative estimate of drug-likeness (QED) is 0.487. The fraction of sp³-hybridized carbons (Fsp3) is 0.917. The molecular weight excluding hydrogens is 172 g/mol. The molecule has 0 bridgehead atoms. The lowest BCUT2D eigenvalue weighted by Crippen LogP contribution is -2.19. The molecule has 2 heteroatoms. The monoisotopic (exact) mass is 196 g/mol. The van der Waals surface area contributed by atoms with E-state index in [1.807, 2.05) is 6.34 Å². The molecule has 0 spiro atoms. The lowest BCUT2D eigenvalue weighted by Gasteiger charge is -2.19. The molecule has 0 heterocycles. The van der Waals surface area contributed by atoms with E-state index in [1.165, 1.54) is 44.9 Å². The highest BCUT2D eigenvalue weighted by Gasteiger charge is 2.10. The van der Waals surface area contributed by atoms with Crippen molar-refractivity contribution in [1.82, 2.24) is 4.90 Å². The first kappa shape index (κ1) is 11.5. The molecule has 1 fully saturated rings. The number of unbranched alkanes of at least 4 members (excludes halogenated alkanes) is 1. The van der Waals surface area contributed by atoms with Crippen LogP contribution in [-0.2, 0) is 0 Å². The van der Waals surface area contributed by atoms with Crippen LogP contribution in [0, 0.1) is 0 Å². The van der Waals surface area contributed by atoms with E-state index in [4.69, 9.17) is 0 Å². The van der Waals surface area contributed by atoms with Crippen LogP contribution < -0.4 is 0 Å². The van der Waals surface area contributed by atoms with Crippen molar-refractivity contribution in [2.45, 2.75) is 57.9 Å². The third-order valence-electron chi connectivity index (χ3n) is 2.91. The second-order valence-electron chi connectivity index (χ2n) is 4.39. The fourth-order valence-electron chi connectivity index (χ4n) is 1.90. The molecule has 0 aromatic carbocycles. The Hall–Kier alpha value is -0.530. The van der Waals surface area contributed by atoms with Crippen LogP contribution in [0.15, 0.2) is 4.99 Å². The molecule has 0 N–H and O–H groups in total. The Morgan fingerprint density at radius 1 is 1.29 bits per heavy atom. The van der Waals surface area contributed by atoms with E-state index < -0.39 is 0 Å². The topological polar surface area (TPSA) is 15.6 Å². The lowest BCUT2D eigenvalue weighted by atomic mass is 9.96. The van der Waals surface area contributed by atoms with Crippen LogP contribution in [0.1, 0.15) is 51.9 Å². The van der Waals surface area contributed by atoms with Gasteiger partial charge in [0.15, 0.2) is 0 Å². The molecule has 0 aromatic rings. The van der Waals surface area contributed by atoms with Gasteiger partial charge in [0, 0.05) is 13.6 Å². The van der Waals surface area contributed by atoms with E-state index >= 15 is 0 Å². The van der Waals surface area contributed by atoms with Gasteiger partial charge in [-0.2, -0.15) is 0 Å². The van der Waals surface area contributed by atoms with Gasteiger partial charge in [0.25, 0.3) is 0 Å². The molecule has 1 saturated carbocycles. The van der Waals surface area contributed by atoms with Crippen LogP contribution in [0.2, 0.25) is 0 Å². The number of nitrogens with zero attached hydrogens (tertiary/aromatic N) is 2. The molecule has 1 rings (SSSR count). The highest BCUT2D eigenvalue weighted by atomic mass is 15.1. The Kier molecular flexibility index (Phi) is 5.65. The molecule has 0 aliphatic heterocycles. The third kappa shape index (κ3) is 4.64. The summed E-state index contributed by atoms with van der Waals surface area (Å²) in [6.07, 6.45) is 11.4. The van der Waals surface area contributed by atoms with Crippen LogP contribution in [0.5, 0.6) is 0 Å². The molecule has 1 aliphatic carbocycles. The summed E-state index contributed by atoms with van der Waals surface area (Å²) in [6.45, 7) is 3.37. The SMILES string of the molecule is CCCCN(C)C=NC1CCCCC1. The Bertz CT molecular complexity index is 160. The maximum absolute atomic E-state index is 4.64. The molecule has 0 saturated heterocycles. The summed E-state index contributed by atoms with van der Waals surface area (Å²) >= 11 is 0. The standard InChI is InChI=1S/C12H24N2/c1-3-4-10-14(2)11-13-12-8-6-5-7-9-12/h11-12H,3-10H2,1-2H3. The van der Waals surface area contributed by atoms with Gasteiger partial charge in [-0.1, -0.05) is 32.6 Å². The number of hydrogen-bond acceptors (Lipinski definition) is 1. The number of hydrogen-bond donors (Lipinski definition) is 0. The minimum Gasteiger partial charge on any atom is -0.366 e. The summed E-state index contributed by atoms with van der Waals surface area (Å²) in [5.74, 6) is 0. The van der Waals surface area contributed by atoms with Gasteiger partial charge in [0.1, 0.15) is 0 Å². The predicted molar refractivity (Wildman–Crippen MR) is 62.9 cm³/mol. The van der Waals surface area contributed by atoms with Crippen molar-refractivity contribution in [1.29, 1.82) is 0 Å². The van der Waals surface area contributed by atoms with Gasteiger partial charge in [-0.15, -0.1) is 0 Å². The Morgan fingerprint density at radius 3 is 2.64 bits per heavy atom. The van der Waals surface area contributed by atoms with Crippen molar-refractivity contribution in [2.75, 3.05) is 13.6 Å². The normalized spacial score (nSPS) is 19.0. The minimum absolute atomic E-state index is 0.618. The van der Waals surface area contributed by atoms with E-state index in [2.05, 4.69) is 23.9 Å². The average molecular weight is 196 g/mol. The van der Waals surface area contributed by atoms with Crippen molar-refractivity contribution in [3.8, 4) is 0 Å². The summed E-state index contributed by atoms with van der Waals surface area (Å²) in [6, 6.07) is 0.618. The second-order valence-corrected chi connectivity index (χ2v) is 4.39. The summed E-state index contributed by atoms with van der Waals surface area (Å²) in [5, 5.41) is 0. The summed E-state index contributed by atoms with van der Waals surface area (Å²) in [7, 11) is 2.13. The van der Waals surface area contributed by atoms with Gasteiger partial charge in [-0.05, 0) is 19.3 Å². The molecule has 1 aliphatic rings. The third-order valence-corrected chi connectivity index (χ3v) is 2.91. The van der Waals surface area contributed by atoms with Gasteiger partial charge in [-0.3, -0.25) is 4.99 Å². The molecule has 0 unspecified atom stereocenters. The van der Waals surface area contributed by atoms with E-state index in [9.17, 15) is 0 Å². The Balaban J connectivity index is 2.16. The zero-order valence-electron chi connectivity index (χ0n) is 9.71. The Morgan fingerprint density at radius 2 is 2.00 bits per heavy atom. The molecule has 0 radical (unpaired) electrons. The maximum atomic E-state index is 4.64. The van der Waals surface area contributed by atoms with Gasteiger partial charge in [-0.25, -0.2) is 0 Å². The fourth-order valence-corrected chi connectivity index (χ4v) is 1.90. The van der Waals surface area contributed by atoms with Gasteiger partial charge < -0.3 is 4.90 Å². The molecule has 0 atom stereocenters. The molecular formula is C12H24N2. The Labute approximate surface area is 88.4 Å². The first-order chi connectivity index (χ1) is 6.83. The lowest BCUT2D eigenvalue weighted by molar-refractivity contribution is 0.434. The minimum atomic E-state index is 0.618. The molecule has 2 nitrogen and oxygen atoms in total. The van der Waals surface area contributed by atoms with Gasteiger partial charge in [0.05, 0.1) is 12.4 Å². The average Bonchev–Trinajstić information content (AvgIpc) is 2.25. The van der Waals surface area contributed by atoms with E-state index in [1.54, 1.807) is 0 Å². The van der Waals surface area contributed by atoms with Crippen molar-refractivity contribution in [2.24, 2.45) is 4.99 Å². The van der Waals surface area contributed by atoms with Gasteiger partial charge >= 0.3 is 0 Å². The largest absolute Gasteiger partial charge is 0.366 e. The van der Waals surface area contributed by atoms with Gasteiger partial charge in [0.2, 0.25) is 0 Å². The highest BCUT2D eigenvalue weighted by Crippen LogP contribution is 2.19. The first-order valence-corrected chi connectivity index (χ1v) is 6.06. The van der Waals surface area contributed by atoms with E-state index in [0.717, 1.165) is 6.54 Å². The molecule has 82 valence electrons. The first-order valence-electron chi connectivity index (χ1n) is 6.06. The molecule has 0 aromatic heterocycles. The maximum Gasteiger partial charge on any atom is 0.0850 e. The van der Waals surface area contributed by atoms with Crippen molar-refractivity contribution < 1.29 is 0 Å². The predicted octanol–water partition coefficient (Wildman–Crippen LogP) is 3.08. The number of rotatable bonds is 5.